The molecule has 26 heavy (non-hydrogen) atoms. The maximum absolute atomic E-state index is 12.8. The lowest BCUT2D eigenvalue weighted by Gasteiger charge is -2.31. The second kappa shape index (κ2) is 6.48. The minimum absolute atomic E-state index is 0.214. The van der Waals surface area contributed by atoms with Gasteiger partial charge < -0.3 is 9.88 Å². The molecule has 1 aliphatic heterocycles. The van der Waals surface area contributed by atoms with Gasteiger partial charge in [-0.15, -0.1) is 0 Å². The van der Waals surface area contributed by atoms with Crippen molar-refractivity contribution in [3.8, 4) is 0 Å². The maximum Gasteiger partial charge on any atom is 0.328 e. The molecule has 0 unspecified atom stereocenters. The van der Waals surface area contributed by atoms with Crippen LogP contribution >= 0.6 is 0 Å². The Morgan fingerprint density at radius 3 is 2.62 bits per heavy atom. The number of rotatable bonds is 3. The van der Waals surface area contributed by atoms with Gasteiger partial charge in [-0.05, 0) is 50.5 Å². The third-order valence-electron chi connectivity index (χ3n) is 5.18. The standard InChI is InChI=1S/C21H23N3O2/c1-14-6-8-19-16(12-14)4-3-9-23(19)10-11-24-20(25)17-13-15(2)5-7-18(17)22-21(24)26/h5-8,12-13H,3-4,9-11H2,1-2H3,(H,22,26). The van der Waals surface area contributed by atoms with E-state index in [1.165, 1.54) is 21.4 Å². The Morgan fingerprint density at radius 1 is 1.00 bits per heavy atom. The Morgan fingerprint density at radius 2 is 1.77 bits per heavy atom. The molecule has 4 rings (SSSR count). The van der Waals surface area contributed by atoms with Crippen LogP contribution in [0.4, 0.5) is 5.69 Å². The van der Waals surface area contributed by atoms with Crippen LogP contribution in [0, 0.1) is 13.8 Å². The average molecular weight is 349 g/mol. The van der Waals surface area contributed by atoms with Gasteiger partial charge in [0.05, 0.1) is 10.9 Å². The summed E-state index contributed by atoms with van der Waals surface area (Å²) in [6.07, 6.45) is 2.18. The molecule has 5 nitrogen and oxygen atoms in total. The summed E-state index contributed by atoms with van der Waals surface area (Å²) in [7, 11) is 0. The van der Waals surface area contributed by atoms with Gasteiger partial charge in [-0.3, -0.25) is 9.36 Å². The molecule has 1 N–H and O–H groups in total. The molecule has 0 radical (unpaired) electrons. The fourth-order valence-electron chi connectivity index (χ4n) is 3.82. The molecule has 5 heteroatoms. The molecule has 0 amide bonds. The van der Waals surface area contributed by atoms with E-state index < -0.39 is 0 Å². The van der Waals surface area contributed by atoms with Crippen LogP contribution in [0.15, 0.2) is 46.0 Å². The molecule has 0 spiro atoms. The number of aromatic amines is 1. The normalized spacial score (nSPS) is 13.8. The zero-order valence-corrected chi connectivity index (χ0v) is 15.2. The van der Waals surface area contributed by atoms with Gasteiger partial charge in [0.1, 0.15) is 0 Å². The molecule has 3 aromatic rings. The number of H-pyrrole nitrogens is 1. The first-order valence-corrected chi connectivity index (χ1v) is 9.11. The van der Waals surface area contributed by atoms with Crippen molar-refractivity contribution in [2.75, 3.05) is 18.0 Å². The highest BCUT2D eigenvalue weighted by Crippen LogP contribution is 2.27. The van der Waals surface area contributed by atoms with E-state index in [1.807, 2.05) is 19.1 Å². The minimum Gasteiger partial charge on any atom is -0.370 e. The van der Waals surface area contributed by atoms with E-state index in [-0.39, 0.29) is 11.2 Å². The van der Waals surface area contributed by atoms with E-state index in [1.54, 1.807) is 6.07 Å². The van der Waals surface area contributed by atoms with Crippen molar-refractivity contribution in [2.45, 2.75) is 33.2 Å². The topological polar surface area (TPSA) is 58.1 Å². The van der Waals surface area contributed by atoms with E-state index >= 15 is 0 Å². The Hall–Kier alpha value is -2.82. The minimum atomic E-state index is -0.340. The van der Waals surface area contributed by atoms with Crippen molar-refractivity contribution < 1.29 is 0 Å². The number of aromatic nitrogens is 2. The third kappa shape index (κ3) is 2.94. The molecular weight excluding hydrogens is 326 g/mol. The molecule has 2 aromatic carbocycles. The lowest BCUT2D eigenvalue weighted by atomic mass is 9.99. The van der Waals surface area contributed by atoms with Crippen molar-refractivity contribution in [3.63, 3.8) is 0 Å². The maximum atomic E-state index is 12.8. The van der Waals surface area contributed by atoms with Crippen LogP contribution in [-0.4, -0.2) is 22.6 Å². The number of hydrogen-bond acceptors (Lipinski definition) is 3. The number of fused-ring (bicyclic) bond motifs is 2. The first-order chi connectivity index (χ1) is 12.5. The van der Waals surface area contributed by atoms with Crippen molar-refractivity contribution >= 4 is 16.6 Å². The quantitative estimate of drug-likeness (QED) is 0.791. The second-order valence-electron chi connectivity index (χ2n) is 7.16. The van der Waals surface area contributed by atoms with Crippen LogP contribution in [0.25, 0.3) is 10.9 Å². The molecule has 2 heterocycles. The van der Waals surface area contributed by atoms with Crippen molar-refractivity contribution in [1.82, 2.24) is 9.55 Å². The Balaban J connectivity index is 1.65. The number of nitrogens with zero attached hydrogens (tertiary/aromatic N) is 2. The fourth-order valence-corrected chi connectivity index (χ4v) is 3.82. The summed E-state index contributed by atoms with van der Waals surface area (Å²) in [6.45, 7) is 6.04. The summed E-state index contributed by atoms with van der Waals surface area (Å²) in [5, 5.41) is 0.569. The molecular formula is C21H23N3O2. The molecule has 1 aromatic heterocycles. The van der Waals surface area contributed by atoms with E-state index in [0.717, 1.165) is 24.9 Å². The molecule has 134 valence electrons. The molecule has 1 aliphatic rings. The van der Waals surface area contributed by atoms with Gasteiger partial charge in [-0.25, -0.2) is 4.79 Å². The lowest BCUT2D eigenvalue weighted by Crippen LogP contribution is -2.40. The highest BCUT2D eigenvalue weighted by molar-refractivity contribution is 5.77. The molecule has 0 atom stereocenters. The van der Waals surface area contributed by atoms with Gasteiger partial charge in [0.2, 0.25) is 0 Å². The summed E-state index contributed by atoms with van der Waals surface area (Å²) >= 11 is 0. The smallest absolute Gasteiger partial charge is 0.328 e. The fraction of sp³-hybridized carbons (Fsp3) is 0.333. The summed E-state index contributed by atoms with van der Waals surface area (Å²) in [4.78, 5) is 30.3. The molecule has 0 aliphatic carbocycles. The Kier molecular flexibility index (Phi) is 4.15. The number of anilines is 1. The van der Waals surface area contributed by atoms with E-state index in [0.29, 0.717) is 24.0 Å². The van der Waals surface area contributed by atoms with E-state index in [2.05, 4.69) is 35.0 Å². The zero-order chi connectivity index (χ0) is 18.3. The summed E-state index contributed by atoms with van der Waals surface area (Å²) in [5.74, 6) is 0. The van der Waals surface area contributed by atoms with Gasteiger partial charge in [-0.1, -0.05) is 29.3 Å². The SMILES string of the molecule is Cc1ccc2c(c1)CCCN2CCn1c(=O)[nH]c2ccc(C)cc2c1=O. The third-order valence-corrected chi connectivity index (χ3v) is 5.18. The van der Waals surface area contributed by atoms with Gasteiger partial charge in [0.25, 0.3) is 5.56 Å². The number of benzene rings is 2. The van der Waals surface area contributed by atoms with Gasteiger partial charge in [0, 0.05) is 25.3 Å². The Labute approximate surface area is 151 Å². The van der Waals surface area contributed by atoms with Crippen LogP contribution in [0.3, 0.4) is 0 Å². The van der Waals surface area contributed by atoms with Crippen LogP contribution in [0.1, 0.15) is 23.1 Å². The number of aryl methyl sites for hydroxylation is 3. The summed E-state index contributed by atoms with van der Waals surface area (Å²) in [6, 6.07) is 12.0. The van der Waals surface area contributed by atoms with Crippen LogP contribution in [-0.2, 0) is 13.0 Å². The number of hydrogen-bond donors (Lipinski definition) is 1. The molecule has 0 saturated heterocycles. The van der Waals surface area contributed by atoms with Crippen LogP contribution in [0.2, 0.25) is 0 Å². The van der Waals surface area contributed by atoms with E-state index in [9.17, 15) is 9.59 Å². The first-order valence-electron chi connectivity index (χ1n) is 9.11. The monoisotopic (exact) mass is 349 g/mol. The van der Waals surface area contributed by atoms with Gasteiger partial charge >= 0.3 is 5.69 Å². The largest absolute Gasteiger partial charge is 0.370 e. The second-order valence-corrected chi connectivity index (χ2v) is 7.16. The van der Waals surface area contributed by atoms with Gasteiger partial charge in [-0.2, -0.15) is 0 Å². The highest BCUT2D eigenvalue weighted by Gasteiger charge is 2.17. The lowest BCUT2D eigenvalue weighted by molar-refractivity contribution is 0.593. The van der Waals surface area contributed by atoms with Crippen molar-refractivity contribution in [3.05, 3.63) is 73.9 Å². The average Bonchev–Trinajstić information content (AvgIpc) is 2.62. The molecule has 0 fully saturated rings. The van der Waals surface area contributed by atoms with E-state index in [4.69, 9.17) is 0 Å². The van der Waals surface area contributed by atoms with Gasteiger partial charge in [0.15, 0.2) is 0 Å². The summed E-state index contributed by atoms with van der Waals surface area (Å²) < 4.78 is 1.32. The van der Waals surface area contributed by atoms with Crippen LogP contribution in [0.5, 0.6) is 0 Å². The van der Waals surface area contributed by atoms with Crippen molar-refractivity contribution in [1.29, 1.82) is 0 Å². The number of nitrogens with one attached hydrogen (secondary N) is 1. The van der Waals surface area contributed by atoms with Crippen LogP contribution < -0.4 is 16.1 Å². The first kappa shape index (κ1) is 16.6. The molecule has 0 bridgehead atoms. The zero-order valence-electron chi connectivity index (χ0n) is 15.2. The Bertz CT molecular complexity index is 1090. The predicted molar refractivity (Wildman–Crippen MR) is 105 cm³/mol. The van der Waals surface area contributed by atoms with Crippen molar-refractivity contribution in [2.24, 2.45) is 0 Å². The predicted octanol–water partition coefficient (Wildman–Crippen LogP) is 2.76. The highest BCUT2D eigenvalue weighted by atomic mass is 16.2. The summed E-state index contributed by atoms with van der Waals surface area (Å²) in [5.41, 5.74) is 4.90. The molecule has 0 saturated carbocycles.